The van der Waals surface area contributed by atoms with Crippen LogP contribution in [0.2, 0.25) is 0 Å². The van der Waals surface area contributed by atoms with E-state index in [0.717, 1.165) is 36.8 Å². The Balaban J connectivity index is 1.22. The first-order chi connectivity index (χ1) is 15.5. The molecule has 1 aromatic rings. The third-order valence-corrected chi connectivity index (χ3v) is 8.69. The number of ether oxygens (including phenoxy) is 2. The summed E-state index contributed by atoms with van der Waals surface area (Å²) >= 11 is 0. The van der Waals surface area contributed by atoms with Crippen molar-refractivity contribution in [3.05, 3.63) is 29.3 Å². The van der Waals surface area contributed by atoms with E-state index in [9.17, 15) is 13.2 Å². The second kappa shape index (κ2) is 8.68. The number of rotatable bonds is 5. The van der Waals surface area contributed by atoms with E-state index in [1.807, 2.05) is 4.90 Å². The minimum atomic E-state index is -3.61. The van der Waals surface area contributed by atoms with Crippen molar-refractivity contribution in [3.63, 3.8) is 0 Å². The average molecular weight is 462 g/mol. The number of sulfonamides is 1. The van der Waals surface area contributed by atoms with Crippen LogP contribution in [0.5, 0.6) is 5.75 Å². The number of anilines is 1. The molecule has 1 N–H and O–H groups in total. The van der Waals surface area contributed by atoms with Crippen LogP contribution in [0.1, 0.15) is 32.6 Å². The molecule has 0 spiro atoms. The SMILES string of the molecule is CCCC1CC(C(=O)N2CC3=C(C2)CN(S(=O)(=O)c2ccc4c(c2)NCCO4)C3)CCO1. The predicted molar refractivity (Wildman–Crippen MR) is 120 cm³/mol. The Morgan fingerprint density at radius 1 is 1.16 bits per heavy atom. The van der Waals surface area contributed by atoms with Crippen molar-refractivity contribution >= 4 is 21.6 Å². The second-order valence-corrected chi connectivity index (χ2v) is 11.0. The molecule has 1 saturated heterocycles. The number of nitrogens with one attached hydrogen (secondary N) is 1. The van der Waals surface area contributed by atoms with Crippen molar-refractivity contribution in [3.8, 4) is 5.75 Å². The third-order valence-electron chi connectivity index (χ3n) is 6.90. The van der Waals surface area contributed by atoms with Gasteiger partial charge in [-0.1, -0.05) is 13.3 Å². The zero-order chi connectivity index (χ0) is 22.3. The number of hydrogen-bond donors (Lipinski definition) is 1. The Kier molecular flexibility index (Phi) is 5.90. The van der Waals surface area contributed by atoms with Gasteiger partial charge in [-0.3, -0.25) is 4.79 Å². The Morgan fingerprint density at radius 2 is 1.94 bits per heavy atom. The lowest BCUT2D eigenvalue weighted by atomic mass is 9.92. The van der Waals surface area contributed by atoms with Gasteiger partial charge >= 0.3 is 0 Å². The van der Waals surface area contributed by atoms with Gasteiger partial charge in [0.2, 0.25) is 15.9 Å². The second-order valence-electron chi connectivity index (χ2n) is 9.11. The molecule has 174 valence electrons. The summed E-state index contributed by atoms with van der Waals surface area (Å²) in [6.07, 6.45) is 3.81. The normalized spacial score (nSPS) is 25.8. The maximum atomic E-state index is 13.2. The Hall–Kier alpha value is -2.10. The van der Waals surface area contributed by atoms with Gasteiger partial charge in [0, 0.05) is 45.2 Å². The van der Waals surface area contributed by atoms with Crippen LogP contribution >= 0.6 is 0 Å². The molecule has 0 saturated carbocycles. The van der Waals surface area contributed by atoms with Crippen molar-refractivity contribution < 1.29 is 22.7 Å². The van der Waals surface area contributed by atoms with Crippen molar-refractivity contribution in [2.45, 2.75) is 43.6 Å². The standard InChI is InChI=1S/C23H31N3O5S/c1-2-3-19-10-16(6-8-30-19)23(27)25-12-17-14-26(15-18(17)13-25)32(28,29)20-4-5-22-21(11-20)24-7-9-31-22/h4-5,11,16,19,24H,2-3,6-10,12-15H2,1H3. The van der Waals surface area contributed by atoms with Crippen LogP contribution in [0.4, 0.5) is 5.69 Å². The van der Waals surface area contributed by atoms with Crippen molar-refractivity contribution in [1.82, 2.24) is 9.21 Å². The highest BCUT2D eigenvalue weighted by Gasteiger charge is 2.40. The molecular formula is C23H31N3O5S. The lowest BCUT2D eigenvalue weighted by molar-refractivity contribution is -0.139. The number of carbonyl (C=O) groups excluding carboxylic acids is 1. The van der Waals surface area contributed by atoms with E-state index in [2.05, 4.69) is 12.2 Å². The fourth-order valence-corrected chi connectivity index (χ4v) is 6.64. The molecule has 0 aromatic heterocycles. The topological polar surface area (TPSA) is 88.2 Å². The lowest BCUT2D eigenvalue weighted by Crippen LogP contribution is -2.41. The maximum Gasteiger partial charge on any atom is 0.243 e. The smallest absolute Gasteiger partial charge is 0.243 e. The molecular weight excluding hydrogens is 430 g/mol. The first kappa shape index (κ1) is 21.7. The Labute approximate surface area is 189 Å². The number of nitrogens with zero attached hydrogens (tertiary/aromatic N) is 2. The molecule has 1 amide bonds. The lowest BCUT2D eigenvalue weighted by Gasteiger charge is -2.32. The van der Waals surface area contributed by atoms with E-state index in [4.69, 9.17) is 9.47 Å². The van der Waals surface area contributed by atoms with Crippen LogP contribution in [0.25, 0.3) is 0 Å². The summed E-state index contributed by atoms with van der Waals surface area (Å²) in [7, 11) is -3.61. The van der Waals surface area contributed by atoms with E-state index in [1.165, 1.54) is 4.31 Å². The highest BCUT2D eigenvalue weighted by molar-refractivity contribution is 7.89. The minimum absolute atomic E-state index is 0.0189. The van der Waals surface area contributed by atoms with Gasteiger partial charge in [-0.15, -0.1) is 0 Å². The first-order valence-electron chi connectivity index (χ1n) is 11.6. The van der Waals surface area contributed by atoms with Crippen LogP contribution in [0.3, 0.4) is 0 Å². The molecule has 9 heteroatoms. The minimum Gasteiger partial charge on any atom is -0.490 e. The van der Waals surface area contributed by atoms with E-state index < -0.39 is 10.0 Å². The molecule has 4 aliphatic heterocycles. The summed E-state index contributed by atoms with van der Waals surface area (Å²) in [6.45, 7) is 5.80. The zero-order valence-electron chi connectivity index (χ0n) is 18.5. The van der Waals surface area contributed by atoms with E-state index in [0.29, 0.717) is 57.4 Å². The molecule has 4 heterocycles. The molecule has 4 aliphatic rings. The van der Waals surface area contributed by atoms with Gasteiger partial charge in [0.25, 0.3) is 0 Å². The van der Waals surface area contributed by atoms with E-state index >= 15 is 0 Å². The number of hydrogen-bond acceptors (Lipinski definition) is 6. The van der Waals surface area contributed by atoms with Crippen LogP contribution in [-0.2, 0) is 19.6 Å². The average Bonchev–Trinajstić information content (AvgIpc) is 3.39. The monoisotopic (exact) mass is 461 g/mol. The van der Waals surface area contributed by atoms with Gasteiger partial charge in [-0.2, -0.15) is 4.31 Å². The van der Waals surface area contributed by atoms with Crippen LogP contribution in [-0.4, -0.2) is 75.6 Å². The van der Waals surface area contributed by atoms with E-state index in [-0.39, 0.29) is 22.8 Å². The molecule has 32 heavy (non-hydrogen) atoms. The van der Waals surface area contributed by atoms with Gasteiger partial charge in [0.05, 0.1) is 16.7 Å². The molecule has 8 nitrogen and oxygen atoms in total. The van der Waals surface area contributed by atoms with Crippen LogP contribution in [0.15, 0.2) is 34.2 Å². The number of amides is 1. The molecule has 1 fully saturated rings. The number of benzene rings is 1. The highest BCUT2D eigenvalue weighted by Crippen LogP contribution is 2.35. The third kappa shape index (κ3) is 4.02. The molecule has 0 bridgehead atoms. The Bertz CT molecular complexity index is 1020. The summed E-state index contributed by atoms with van der Waals surface area (Å²) in [5, 5.41) is 3.19. The molecule has 5 rings (SSSR count). The largest absolute Gasteiger partial charge is 0.490 e. The van der Waals surface area contributed by atoms with Gasteiger partial charge < -0.3 is 19.7 Å². The summed E-state index contributed by atoms with van der Waals surface area (Å²) in [6, 6.07) is 4.98. The summed E-state index contributed by atoms with van der Waals surface area (Å²) in [5.41, 5.74) is 2.85. The number of carbonyl (C=O) groups is 1. The quantitative estimate of drug-likeness (QED) is 0.677. The summed E-state index contributed by atoms with van der Waals surface area (Å²) in [4.78, 5) is 15.3. The van der Waals surface area contributed by atoms with Crippen molar-refractivity contribution in [2.75, 3.05) is 51.3 Å². The summed E-state index contributed by atoms with van der Waals surface area (Å²) < 4.78 is 39.4. The van der Waals surface area contributed by atoms with E-state index in [1.54, 1.807) is 18.2 Å². The van der Waals surface area contributed by atoms with Gasteiger partial charge in [-0.05, 0) is 48.6 Å². The molecule has 0 aliphatic carbocycles. The molecule has 2 atom stereocenters. The predicted octanol–water partition coefficient (Wildman–Crippen LogP) is 2.23. The van der Waals surface area contributed by atoms with Crippen molar-refractivity contribution in [2.24, 2.45) is 5.92 Å². The fourth-order valence-electron chi connectivity index (χ4n) is 5.19. The van der Waals surface area contributed by atoms with Gasteiger partial charge in [-0.25, -0.2) is 8.42 Å². The molecule has 1 aromatic carbocycles. The first-order valence-corrected chi connectivity index (χ1v) is 13.0. The van der Waals surface area contributed by atoms with Crippen LogP contribution in [0, 0.1) is 5.92 Å². The highest BCUT2D eigenvalue weighted by atomic mass is 32.2. The Morgan fingerprint density at radius 3 is 2.69 bits per heavy atom. The van der Waals surface area contributed by atoms with Gasteiger partial charge in [0.15, 0.2) is 0 Å². The molecule has 2 unspecified atom stereocenters. The summed E-state index contributed by atoms with van der Waals surface area (Å²) in [5.74, 6) is 0.894. The number of fused-ring (bicyclic) bond motifs is 1. The fraction of sp³-hybridized carbons (Fsp3) is 0.609. The zero-order valence-corrected chi connectivity index (χ0v) is 19.3. The molecule has 0 radical (unpaired) electrons. The van der Waals surface area contributed by atoms with Crippen LogP contribution < -0.4 is 10.1 Å². The van der Waals surface area contributed by atoms with Crippen molar-refractivity contribution in [1.29, 1.82) is 0 Å². The maximum absolute atomic E-state index is 13.2. The van der Waals surface area contributed by atoms with Gasteiger partial charge in [0.1, 0.15) is 12.4 Å².